The van der Waals surface area contributed by atoms with E-state index in [4.69, 9.17) is 0 Å². The lowest BCUT2D eigenvalue weighted by Crippen LogP contribution is -2.51. The third-order valence-electron chi connectivity index (χ3n) is 6.38. The van der Waals surface area contributed by atoms with Crippen molar-refractivity contribution in [3.63, 3.8) is 0 Å². The molecule has 0 amide bonds. The Morgan fingerprint density at radius 3 is 2.52 bits per heavy atom. The molecule has 0 fully saturated rings. The van der Waals surface area contributed by atoms with Crippen LogP contribution in [0.3, 0.4) is 0 Å². The Hall–Kier alpha value is -2.58. The fraction of sp³-hybridized carbons (Fsp3) is 0.500. The van der Waals surface area contributed by atoms with Gasteiger partial charge in [-0.15, -0.1) is 0 Å². The summed E-state index contributed by atoms with van der Waals surface area (Å²) in [6, 6.07) is 4.31. The molecule has 2 atom stereocenters. The molecule has 31 heavy (non-hydrogen) atoms. The number of azo groups is 1. The molecule has 1 aliphatic carbocycles. The van der Waals surface area contributed by atoms with Crippen molar-refractivity contribution in [3.05, 3.63) is 58.4 Å². The number of Topliss-reactive ketones (excluding diaryl/α,β-unsaturated/α-hetero) is 1. The largest absolute Gasteiger partial charge is 0.458 e. The zero-order valence-corrected chi connectivity index (χ0v) is 17.3. The van der Waals surface area contributed by atoms with Gasteiger partial charge >= 0.3 is 12.1 Å². The first kappa shape index (κ1) is 21.6. The van der Waals surface area contributed by atoms with E-state index in [-0.39, 0.29) is 29.6 Å². The van der Waals surface area contributed by atoms with Crippen LogP contribution in [0.15, 0.2) is 57.5 Å². The monoisotopic (exact) mass is 439 g/mol. The Bertz CT molecular complexity index is 1040. The number of rotatable bonds is 3. The number of benzene rings is 1. The van der Waals surface area contributed by atoms with E-state index in [2.05, 4.69) is 15.5 Å². The number of nitrogens with one attached hydrogen (secondary N) is 1. The Morgan fingerprint density at radius 2 is 1.87 bits per heavy atom. The number of ketones is 1. The van der Waals surface area contributed by atoms with Gasteiger partial charge in [0.05, 0.1) is 11.6 Å². The van der Waals surface area contributed by atoms with Gasteiger partial charge in [0.2, 0.25) is 0 Å². The van der Waals surface area contributed by atoms with Crippen molar-refractivity contribution in [1.29, 1.82) is 0 Å². The highest BCUT2D eigenvalue weighted by molar-refractivity contribution is 6.01. The molecule has 4 rings (SSSR count). The molecule has 3 aliphatic rings. The average Bonchev–Trinajstić information content (AvgIpc) is 3.13. The van der Waals surface area contributed by atoms with Crippen LogP contribution >= 0.6 is 0 Å². The molecule has 166 valence electrons. The summed E-state index contributed by atoms with van der Waals surface area (Å²) in [6.07, 6.45) is -3.77. The summed E-state index contributed by atoms with van der Waals surface area (Å²) in [4.78, 5) is 13.3. The molecule has 0 aromatic heterocycles. The molecule has 1 unspecified atom stereocenters. The summed E-state index contributed by atoms with van der Waals surface area (Å²) in [6.45, 7) is 5.69. The van der Waals surface area contributed by atoms with Gasteiger partial charge in [0.15, 0.2) is 11.9 Å². The predicted octanol–water partition coefficient (Wildman–Crippen LogP) is 5.91. The Balaban J connectivity index is 1.96. The van der Waals surface area contributed by atoms with E-state index in [1.807, 2.05) is 13.8 Å². The Labute approximate surface area is 176 Å². The minimum atomic E-state index is -5.73. The smallest absolute Gasteiger partial charge is 0.362 e. The third kappa shape index (κ3) is 3.11. The number of fused-ring (bicyclic) bond motifs is 1. The molecule has 0 saturated heterocycles. The maximum Gasteiger partial charge on any atom is 0.458 e. The minimum absolute atomic E-state index is 0.153. The zero-order valence-electron chi connectivity index (χ0n) is 17.3. The topological polar surface area (TPSA) is 53.8 Å². The first-order chi connectivity index (χ1) is 14.3. The fourth-order valence-electron chi connectivity index (χ4n) is 5.03. The summed E-state index contributed by atoms with van der Waals surface area (Å²) in [5, 5.41) is 11.3. The van der Waals surface area contributed by atoms with Gasteiger partial charge in [-0.3, -0.25) is 4.79 Å². The number of carbonyl (C=O) groups excluding carboxylic acids is 1. The number of allylic oxidation sites excluding steroid dienone is 2. The number of carbonyl (C=O) groups is 1. The maximum absolute atomic E-state index is 14.2. The van der Waals surface area contributed by atoms with Crippen LogP contribution in [-0.4, -0.2) is 18.1 Å². The van der Waals surface area contributed by atoms with E-state index in [0.29, 0.717) is 23.3 Å². The van der Waals surface area contributed by atoms with Crippen molar-refractivity contribution in [2.75, 3.05) is 0 Å². The van der Waals surface area contributed by atoms with Crippen molar-refractivity contribution in [2.45, 2.75) is 63.7 Å². The predicted molar refractivity (Wildman–Crippen MR) is 103 cm³/mol. The summed E-state index contributed by atoms with van der Waals surface area (Å²) in [5.74, 6) is -5.17. The number of hydrogen-bond acceptors (Lipinski definition) is 4. The fourth-order valence-corrected chi connectivity index (χ4v) is 5.03. The molecule has 0 bridgehead atoms. The molecule has 1 aromatic rings. The van der Waals surface area contributed by atoms with Crippen molar-refractivity contribution in [3.8, 4) is 0 Å². The quantitative estimate of drug-likeness (QED) is 0.596. The highest BCUT2D eigenvalue weighted by Gasteiger charge is 2.59. The molecule has 0 spiro atoms. The van der Waals surface area contributed by atoms with Crippen LogP contribution in [-0.2, 0) is 16.1 Å². The van der Waals surface area contributed by atoms with Crippen LogP contribution in [0.2, 0.25) is 0 Å². The van der Waals surface area contributed by atoms with E-state index in [1.54, 1.807) is 6.92 Å². The van der Waals surface area contributed by atoms with Crippen molar-refractivity contribution in [1.82, 2.24) is 5.32 Å². The molecule has 0 saturated carbocycles. The standard InChI is InChI=1S/C22H22F5N3O/c1-4-20(12-6-5-7-13(8-12)21(23,24)22(25,26)27)14-11-28-30-18(14)29-15-9-19(2,3)10-16(31)17(15)20/h5-8,11,18,29H,4,9-10H2,1-3H3/t18?,20-/m1/s1. The Kier molecular flexibility index (Phi) is 4.68. The molecular formula is C22H22F5N3O. The number of nitrogens with zero attached hydrogens (tertiary/aromatic N) is 2. The summed E-state index contributed by atoms with van der Waals surface area (Å²) in [7, 11) is 0. The normalized spacial score (nSPS) is 27.5. The summed E-state index contributed by atoms with van der Waals surface area (Å²) < 4.78 is 67.4. The summed E-state index contributed by atoms with van der Waals surface area (Å²) in [5.41, 5.74) is -0.796. The number of hydrogen-bond donors (Lipinski definition) is 1. The molecule has 1 aromatic carbocycles. The molecule has 2 heterocycles. The van der Waals surface area contributed by atoms with Crippen molar-refractivity contribution >= 4 is 5.78 Å². The van der Waals surface area contributed by atoms with Crippen molar-refractivity contribution in [2.24, 2.45) is 15.6 Å². The van der Waals surface area contributed by atoms with Gasteiger partial charge in [-0.2, -0.15) is 32.2 Å². The maximum atomic E-state index is 14.2. The van der Waals surface area contributed by atoms with Gasteiger partial charge in [-0.25, -0.2) is 0 Å². The molecular weight excluding hydrogens is 417 g/mol. The number of halogens is 5. The van der Waals surface area contributed by atoms with Gasteiger partial charge in [0.25, 0.3) is 0 Å². The van der Waals surface area contributed by atoms with E-state index in [0.717, 1.165) is 12.1 Å². The zero-order chi connectivity index (χ0) is 22.8. The second-order valence-electron chi connectivity index (χ2n) is 9.07. The van der Waals surface area contributed by atoms with Crippen molar-refractivity contribution < 1.29 is 26.7 Å². The first-order valence-electron chi connectivity index (χ1n) is 10.0. The Morgan fingerprint density at radius 1 is 1.16 bits per heavy atom. The SMILES string of the molecule is CC[C@@]1(c2cccc(C(F)(F)C(F)(F)F)c2)C2=CN=NC2NC2=C1C(=O)CC(C)(C)C2. The van der Waals surface area contributed by atoms with Crippen LogP contribution in [0.1, 0.15) is 51.2 Å². The van der Waals surface area contributed by atoms with Crippen LogP contribution in [0.25, 0.3) is 0 Å². The van der Waals surface area contributed by atoms with E-state index >= 15 is 0 Å². The molecule has 0 radical (unpaired) electrons. The molecule has 4 nitrogen and oxygen atoms in total. The first-order valence-corrected chi connectivity index (χ1v) is 10.0. The van der Waals surface area contributed by atoms with Crippen LogP contribution in [0.4, 0.5) is 22.0 Å². The van der Waals surface area contributed by atoms with Gasteiger partial charge < -0.3 is 5.32 Å². The lowest BCUT2D eigenvalue weighted by Gasteiger charge is -2.48. The van der Waals surface area contributed by atoms with Crippen LogP contribution in [0.5, 0.6) is 0 Å². The minimum Gasteiger partial charge on any atom is -0.362 e. The van der Waals surface area contributed by atoms with Gasteiger partial charge in [0, 0.05) is 28.8 Å². The van der Waals surface area contributed by atoms with Crippen LogP contribution < -0.4 is 5.32 Å². The highest BCUT2D eigenvalue weighted by atomic mass is 19.4. The number of alkyl halides is 5. The second kappa shape index (κ2) is 6.71. The third-order valence-corrected chi connectivity index (χ3v) is 6.38. The molecule has 1 N–H and O–H groups in total. The van der Waals surface area contributed by atoms with Crippen LogP contribution in [0, 0.1) is 5.41 Å². The van der Waals surface area contributed by atoms with E-state index < -0.39 is 29.2 Å². The van der Waals surface area contributed by atoms with Gasteiger partial charge in [0.1, 0.15) is 0 Å². The van der Waals surface area contributed by atoms with E-state index in [9.17, 15) is 26.7 Å². The van der Waals surface area contributed by atoms with E-state index in [1.165, 1.54) is 18.3 Å². The van der Waals surface area contributed by atoms with Gasteiger partial charge in [-0.1, -0.05) is 39.0 Å². The highest BCUT2D eigenvalue weighted by Crippen LogP contribution is 2.54. The molecule has 2 aliphatic heterocycles. The lowest BCUT2D eigenvalue weighted by molar-refractivity contribution is -0.289. The lowest BCUT2D eigenvalue weighted by atomic mass is 9.58. The second-order valence-corrected chi connectivity index (χ2v) is 9.07. The molecule has 9 heteroatoms. The van der Waals surface area contributed by atoms with Gasteiger partial charge in [-0.05, 0) is 29.9 Å². The average molecular weight is 439 g/mol. The summed E-state index contributed by atoms with van der Waals surface area (Å²) >= 11 is 0.